The van der Waals surface area contributed by atoms with Gasteiger partial charge in [0, 0.05) is 30.5 Å². The molecule has 0 bridgehead atoms. The highest BCUT2D eigenvalue weighted by Gasteiger charge is 2.24. The van der Waals surface area contributed by atoms with Crippen molar-refractivity contribution >= 4 is 17.7 Å². The lowest BCUT2D eigenvalue weighted by Gasteiger charge is -2.30. The summed E-state index contributed by atoms with van der Waals surface area (Å²) in [7, 11) is 4.12. The number of hydrogen-bond acceptors (Lipinski definition) is 3. The van der Waals surface area contributed by atoms with E-state index in [4.69, 9.17) is 0 Å². The minimum atomic E-state index is 0.0137. The lowest BCUT2D eigenvalue weighted by Crippen LogP contribution is -2.35. The third kappa shape index (κ3) is 4.92. The Kier molecular flexibility index (Phi) is 6.28. The zero-order chi connectivity index (χ0) is 21.8. The molecule has 2 aromatic carbocycles. The van der Waals surface area contributed by atoms with Gasteiger partial charge in [-0.1, -0.05) is 48.0 Å². The molecule has 4 rings (SSSR count). The summed E-state index contributed by atoms with van der Waals surface area (Å²) in [6, 6.07) is 18.5. The van der Waals surface area contributed by atoms with Crippen LogP contribution in [0.15, 0.2) is 66.9 Å². The van der Waals surface area contributed by atoms with Crippen molar-refractivity contribution in [1.82, 2.24) is 9.88 Å². The van der Waals surface area contributed by atoms with Gasteiger partial charge >= 0.3 is 0 Å². The Bertz CT molecular complexity index is 1080. The first-order valence-corrected chi connectivity index (χ1v) is 10.8. The first kappa shape index (κ1) is 21.0. The highest BCUT2D eigenvalue weighted by atomic mass is 16.2. The number of aromatic nitrogens is 1. The van der Waals surface area contributed by atoms with Crippen LogP contribution in [0.4, 0.5) is 5.69 Å². The van der Waals surface area contributed by atoms with Crippen molar-refractivity contribution < 1.29 is 4.79 Å². The van der Waals surface area contributed by atoms with Gasteiger partial charge in [0.1, 0.15) is 0 Å². The van der Waals surface area contributed by atoms with Crippen LogP contribution in [-0.4, -0.2) is 43.0 Å². The lowest BCUT2D eigenvalue weighted by molar-refractivity contribution is 0.0985. The zero-order valence-electron chi connectivity index (χ0n) is 18.5. The molecule has 3 aromatic rings. The van der Waals surface area contributed by atoms with Gasteiger partial charge in [-0.3, -0.25) is 9.78 Å². The molecule has 0 atom stereocenters. The smallest absolute Gasteiger partial charge is 0.259 e. The molecule has 0 aliphatic carbocycles. The fourth-order valence-electron chi connectivity index (χ4n) is 3.90. The maximum absolute atomic E-state index is 13.3. The van der Waals surface area contributed by atoms with Crippen LogP contribution in [0.2, 0.25) is 0 Å². The molecule has 1 aliphatic heterocycles. The summed E-state index contributed by atoms with van der Waals surface area (Å²) >= 11 is 0. The van der Waals surface area contributed by atoms with E-state index in [2.05, 4.69) is 85.5 Å². The number of hydrogen-bond donors (Lipinski definition) is 0. The average molecular weight is 412 g/mol. The average Bonchev–Trinajstić information content (AvgIpc) is 2.78. The summed E-state index contributed by atoms with van der Waals surface area (Å²) in [5.74, 6) is 0.0137. The monoisotopic (exact) mass is 411 g/mol. The van der Waals surface area contributed by atoms with Gasteiger partial charge in [-0.25, -0.2) is 0 Å². The molecule has 0 unspecified atom stereocenters. The maximum Gasteiger partial charge on any atom is 0.259 e. The van der Waals surface area contributed by atoms with Gasteiger partial charge in [0.15, 0.2) is 0 Å². The second-order valence-corrected chi connectivity index (χ2v) is 8.41. The fraction of sp³-hybridized carbons (Fsp3) is 0.259. The fourth-order valence-corrected chi connectivity index (χ4v) is 3.90. The topological polar surface area (TPSA) is 36.4 Å². The number of nitrogens with zero attached hydrogens (tertiary/aromatic N) is 3. The number of amides is 1. The normalized spacial score (nSPS) is 13.6. The van der Waals surface area contributed by atoms with E-state index < -0.39 is 0 Å². The van der Waals surface area contributed by atoms with Gasteiger partial charge in [-0.05, 0) is 69.3 Å². The molecule has 0 N–H and O–H groups in total. The Morgan fingerprint density at radius 1 is 1.10 bits per heavy atom. The zero-order valence-corrected chi connectivity index (χ0v) is 18.5. The number of carbonyl (C=O) groups is 1. The van der Waals surface area contributed by atoms with E-state index in [1.165, 1.54) is 16.7 Å². The van der Waals surface area contributed by atoms with Crippen molar-refractivity contribution in [2.45, 2.75) is 19.8 Å². The molecule has 0 saturated carbocycles. The van der Waals surface area contributed by atoms with Crippen LogP contribution in [0, 0.1) is 6.92 Å². The number of carbonyl (C=O) groups excluding carboxylic acids is 1. The van der Waals surface area contributed by atoms with Crippen molar-refractivity contribution in [2.24, 2.45) is 0 Å². The molecule has 0 spiro atoms. The van der Waals surface area contributed by atoms with Gasteiger partial charge in [0.25, 0.3) is 5.91 Å². The summed E-state index contributed by atoms with van der Waals surface area (Å²) < 4.78 is 0. The number of fused-ring (bicyclic) bond motifs is 1. The van der Waals surface area contributed by atoms with Gasteiger partial charge < -0.3 is 9.80 Å². The van der Waals surface area contributed by atoms with Gasteiger partial charge in [-0.15, -0.1) is 0 Å². The largest absolute Gasteiger partial charge is 0.308 e. The summed E-state index contributed by atoms with van der Waals surface area (Å²) in [5, 5.41) is 0. The van der Waals surface area contributed by atoms with Crippen molar-refractivity contribution in [3.8, 4) is 11.3 Å². The quantitative estimate of drug-likeness (QED) is 0.577. The van der Waals surface area contributed by atoms with Crippen LogP contribution < -0.4 is 4.90 Å². The first-order valence-electron chi connectivity index (χ1n) is 10.8. The van der Waals surface area contributed by atoms with Crippen molar-refractivity contribution in [1.29, 1.82) is 0 Å². The lowest BCUT2D eigenvalue weighted by atomic mass is 9.98. The maximum atomic E-state index is 13.3. The van der Waals surface area contributed by atoms with E-state index in [-0.39, 0.29) is 5.91 Å². The third-order valence-corrected chi connectivity index (χ3v) is 5.61. The predicted octanol–water partition coefficient (Wildman–Crippen LogP) is 5.22. The number of benzene rings is 2. The molecule has 1 aromatic heterocycles. The molecule has 4 heteroatoms. The number of aryl methyl sites for hydroxylation is 2. The van der Waals surface area contributed by atoms with Crippen LogP contribution >= 0.6 is 0 Å². The molecular formula is C27H29N3O. The summed E-state index contributed by atoms with van der Waals surface area (Å²) in [6.07, 6.45) is 7.98. The molecule has 0 fully saturated rings. The number of anilines is 1. The van der Waals surface area contributed by atoms with E-state index >= 15 is 0 Å². The van der Waals surface area contributed by atoms with Crippen LogP contribution in [0.25, 0.3) is 17.3 Å². The summed E-state index contributed by atoms with van der Waals surface area (Å²) in [5.41, 5.74) is 7.21. The Hall–Kier alpha value is -3.24. The Morgan fingerprint density at radius 3 is 2.61 bits per heavy atom. The second kappa shape index (κ2) is 9.27. The van der Waals surface area contributed by atoms with E-state index in [9.17, 15) is 4.79 Å². The Balaban J connectivity index is 1.53. The molecule has 1 amide bonds. The number of rotatable bonds is 5. The number of pyridine rings is 1. The second-order valence-electron chi connectivity index (χ2n) is 8.41. The number of likely N-dealkylation sites (N-methyl/N-ethyl adjacent to an activating group) is 1. The predicted molar refractivity (Wildman–Crippen MR) is 128 cm³/mol. The van der Waals surface area contributed by atoms with Crippen molar-refractivity contribution in [2.75, 3.05) is 32.1 Å². The first-order chi connectivity index (χ1) is 15.0. The van der Waals surface area contributed by atoms with Crippen LogP contribution in [0.3, 0.4) is 0 Å². The van der Waals surface area contributed by atoms with Crippen LogP contribution in [0.5, 0.6) is 0 Å². The molecule has 4 nitrogen and oxygen atoms in total. The third-order valence-electron chi connectivity index (χ3n) is 5.61. The summed E-state index contributed by atoms with van der Waals surface area (Å²) in [4.78, 5) is 21.8. The van der Waals surface area contributed by atoms with Gasteiger partial charge in [0.05, 0.1) is 11.3 Å². The van der Waals surface area contributed by atoms with Crippen molar-refractivity contribution in [3.63, 3.8) is 0 Å². The van der Waals surface area contributed by atoms with E-state index in [0.717, 1.165) is 42.9 Å². The van der Waals surface area contributed by atoms with Crippen LogP contribution in [0.1, 0.15) is 33.5 Å². The standard InChI is InChI=1S/C27H29N3O/c1-20-8-11-22(12-9-20)25-14-13-24(19-28-25)27(31)30-17-5-7-23-18-21(10-15-26(23)30)6-4-16-29(2)3/h4,6,8-15,18-19H,5,7,16-17H2,1-3H3. The van der Waals surface area contributed by atoms with Gasteiger partial charge in [0.2, 0.25) is 0 Å². The Morgan fingerprint density at radius 2 is 1.90 bits per heavy atom. The Labute approximate surface area is 184 Å². The SMILES string of the molecule is Cc1ccc(-c2ccc(C(=O)N3CCCc4cc(C=CCN(C)C)ccc43)cn2)cc1. The molecule has 2 heterocycles. The van der Waals surface area contributed by atoms with Crippen LogP contribution in [-0.2, 0) is 6.42 Å². The minimum Gasteiger partial charge on any atom is -0.308 e. The highest BCUT2D eigenvalue weighted by molar-refractivity contribution is 6.06. The molecule has 31 heavy (non-hydrogen) atoms. The summed E-state index contributed by atoms with van der Waals surface area (Å²) in [6.45, 7) is 3.72. The van der Waals surface area contributed by atoms with E-state index in [1.54, 1.807) is 6.20 Å². The van der Waals surface area contributed by atoms with E-state index in [1.807, 2.05) is 17.0 Å². The minimum absolute atomic E-state index is 0.0137. The molecular weight excluding hydrogens is 382 g/mol. The molecule has 0 radical (unpaired) electrons. The molecule has 0 saturated heterocycles. The highest BCUT2D eigenvalue weighted by Crippen LogP contribution is 2.30. The molecule has 158 valence electrons. The molecule has 1 aliphatic rings. The van der Waals surface area contributed by atoms with Gasteiger partial charge in [-0.2, -0.15) is 0 Å². The van der Waals surface area contributed by atoms with E-state index in [0.29, 0.717) is 5.56 Å². The van der Waals surface area contributed by atoms with Crippen molar-refractivity contribution in [3.05, 3.63) is 89.1 Å².